The van der Waals surface area contributed by atoms with Crippen molar-refractivity contribution in [1.29, 1.82) is 0 Å². The molecule has 0 radical (unpaired) electrons. The van der Waals surface area contributed by atoms with E-state index >= 15 is 0 Å². The Labute approximate surface area is 112 Å². The van der Waals surface area contributed by atoms with E-state index in [-0.39, 0.29) is 17.6 Å². The third kappa shape index (κ3) is 1.40. The second-order valence-electron chi connectivity index (χ2n) is 5.61. The van der Waals surface area contributed by atoms with Gasteiger partial charge in [-0.3, -0.25) is 0 Å². The molecule has 1 spiro atoms. The maximum absolute atomic E-state index is 12.3. The summed E-state index contributed by atoms with van der Waals surface area (Å²) in [5.41, 5.74) is 1.10. The molecule has 4 heteroatoms. The van der Waals surface area contributed by atoms with Crippen molar-refractivity contribution in [3.05, 3.63) is 48.0 Å². The summed E-state index contributed by atoms with van der Waals surface area (Å²) >= 11 is 0. The fraction of sp³-hybridized carbons (Fsp3) is 0.400. The average molecular weight is 255 g/mol. The van der Waals surface area contributed by atoms with E-state index in [1.54, 1.807) is 0 Å². The van der Waals surface area contributed by atoms with E-state index < -0.39 is 0 Å². The van der Waals surface area contributed by atoms with Gasteiger partial charge in [0.15, 0.2) is 0 Å². The largest absolute Gasteiger partial charge is 0.336 e. The fourth-order valence-electron chi connectivity index (χ4n) is 3.71. The highest BCUT2D eigenvalue weighted by atomic mass is 16.2. The van der Waals surface area contributed by atoms with Gasteiger partial charge in [0.05, 0.1) is 11.6 Å². The number of hydrogen-bond donors (Lipinski definition) is 2. The first-order valence-corrected chi connectivity index (χ1v) is 6.82. The van der Waals surface area contributed by atoms with E-state index in [1.165, 1.54) is 5.56 Å². The van der Waals surface area contributed by atoms with Crippen molar-refractivity contribution >= 4 is 6.03 Å². The van der Waals surface area contributed by atoms with Crippen LogP contribution in [0.4, 0.5) is 4.79 Å². The van der Waals surface area contributed by atoms with Gasteiger partial charge in [-0.05, 0) is 5.56 Å². The van der Waals surface area contributed by atoms with Crippen LogP contribution in [0.15, 0.2) is 42.5 Å². The predicted octanol–water partition coefficient (Wildman–Crippen LogP) is 1.28. The molecule has 3 heterocycles. The smallest absolute Gasteiger partial charge is 0.318 e. The molecule has 0 aliphatic carbocycles. The quantitative estimate of drug-likeness (QED) is 0.743. The SMILES string of the molecule is O=C1NC[C@@]23CNC[C@H]2C=C[C@@H](c2ccccc2)N13. The zero-order valence-corrected chi connectivity index (χ0v) is 10.7. The van der Waals surface area contributed by atoms with Crippen molar-refractivity contribution in [3.8, 4) is 0 Å². The molecule has 4 rings (SSSR count). The molecule has 1 aromatic carbocycles. The van der Waals surface area contributed by atoms with Gasteiger partial charge >= 0.3 is 6.03 Å². The van der Waals surface area contributed by atoms with Crippen molar-refractivity contribution in [2.45, 2.75) is 11.6 Å². The van der Waals surface area contributed by atoms with Gasteiger partial charge in [-0.1, -0.05) is 42.5 Å². The molecule has 0 bridgehead atoms. The molecule has 3 atom stereocenters. The third-order valence-corrected chi connectivity index (χ3v) is 4.67. The summed E-state index contributed by atoms with van der Waals surface area (Å²) in [6.07, 6.45) is 4.46. The Kier molecular flexibility index (Phi) is 2.23. The number of rotatable bonds is 1. The molecule has 4 nitrogen and oxygen atoms in total. The van der Waals surface area contributed by atoms with E-state index in [2.05, 4.69) is 34.9 Å². The van der Waals surface area contributed by atoms with Crippen molar-refractivity contribution in [2.24, 2.45) is 5.92 Å². The van der Waals surface area contributed by atoms with Gasteiger partial charge in [0.2, 0.25) is 0 Å². The molecule has 0 saturated carbocycles. The topological polar surface area (TPSA) is 44.4 Å². The van der Waals surface area contributed by atoms with Crippen molar-refractivity contribution in [2.75, 3.05) is 19.6 Å². The van der Waals surface area contributed by atoms with Gasteiger partial charge in [-0.25, -0.2) is 4.79 Å². The molecule has 3 aliphatic heterocycles. The number of nitrogens with one attached hydrogen (secondary N) is 2. The number of carbonyl (C=O) groups is 1. The molecule has 2 amide bonds. The van der Waals surface area contributed by atoms with Crippen LogP contribution >= 0.6 is 0 Å². The van der Waals surface area contributed by atoms with Crippen molar-refractivity contribution < 1.29 is 4.79 Å². The van der Waals surface area contributed by atoms with Crippen LogP contribution in [0.5, 0.6) is 0 Å². The fourth-order valence-corrected chi connectivity index (χ4v) is 3.71. The molecule has 3 aliphatic rings. The van der Waals surface area contributed by atoms with Gasteiger partial charge < -0.3 is 15.5 Å². The third-order valence-electron chi connectivity index (χ3n) is 4.67. The van der Waals surface area contributed by atoms with Gasteiger partial charge in [0.1, 0.15) is 0 Å². The van der Waals surface area contributed by atoms with Crippen molar-refractivity contribution in [3.63, 3.8) is 0 Å². The van der Waals surface area contributed by atoms with Crippen molar-refractivity contribution in [1.82, 2.24) is 15.5 Å². The first-order valence-electron chi connectivity index (χ1n) is 6.82. The first kappa shape index (κ1) is 11.1. The molecule has 0 unspecified atom stereocenters. The van der Waals surface area contributed by atoms with Crippen LogP contribution in [0.2, 0.25) is 0 Å². The summed E-state index contributed by atoms with van der Waals surface area (Å²) in [6.45, 7) is 2.59. The highest BCUT2D eigenvalue weighted by molar-refractivity contribution is 5.79. The van der Waals surface area contributed by atoms with Crippen LogP contribution in [0.3, 0.4) is 0 Å². The molecule has 19 heavy (non-hydrogen) atoms. The Morgan fingerprint density at radius 2 is 2.00 bits per heavy atom. The lowest BCUT2D eigenvalue weighted by atomic mass is 9.80. The van der Waals surface area contributed by atoms with Crippen LogP contribution in [0, 0.1) is 5.92 Å². The van der Waals surface area contributed by atoms with Crippen LogP contribution in [-0.4, -0.2) is 36.1 Å². The molecule has 98 valence electrons. The van der Waals surface area contributed by atoms with Crippen LogP contribution < -0.4 is 10.6 Å². The molecular formula is C15H17N3O. The minimum Gasteiger partial charge on any atom is -0.336 e. The predicted molar refractivity (Wildman–Crippen MR) is 72.7 cm³/mol. The second kappa shape index (κ2) is 3.84. The van der Waals surface area contributed by atoms with Gasteiger partial charge in [-0.2, -0.15) is 0 Å². The number of carbonyl (C=O) groups excluding carboxylic acids is 1. The van der Waals surface area contributed by atoms with Gasteiger partial charge in [0, 0.05) is 25.6 Å². The Hall–Kier alpha value is -1.81. The van der Waals surface area contributed by atoms with Gasteiger partial charge in [0.25, 0.3) is 0 Å². The summed E-state index contributed by atoms with van der Waals surface area (Å²) in [5.74, 6) is 0.423. The summed E-state index contributed by atoms with van der Waals surface area (Å²) in [5, 5.41) is 6.46. The lowest BCUT2D eigenvalue weighted by Crippen LogP contribution is -2.55. The van der Waals surface area contributed by atoms with Crippen LogP contribution in [-0.2, 0) is 0 Å². The minimum atomic E-state index is -0.0770. The van der Waals surface area contributed by atoms with E-state index in [1.807, 2.05) is 23.1 Å². The Morgan fingerprint density at radius 3 is 2.84 bits per heavy atom. The summed E-state index contributed by atoms with van der Waals surface area (Å²) < 4.78 is 0. The molecule has 2 fully saturated rings. The first-order chi connectivity index (χ1) is 9.31. The second-order valence-corrected chi connectivity index (χ2v) is 5.61. The van der Waals surface area contributed by atoms with E-state index in [0.29, 0.717) is 5.92 Å². The Balaban J connectivity index is 1.81. The molecule has 2 saturated heterocycles. The van der Waals surface area contributed by atoms with Crippen LogP contribution in [0.25, 0.3) is 0 Å². The zero-order chi connectivity index (χ0) is 12.9. The van der Waals surface area contributed by atoms with E-state index in [9.17, 15) is 4.79 Å². The number of hydrogen-bond acceptors (Lipinski definition) is 2. The lowest BCUT2D eigenvalue weighted by Gasteiger charge is -2.44. The molecule has 0 aromatic heterocycles. The van der Waals surface area contributed by atoms with Gasteiger partial charge in [-0.15, -0.1) is 0 Å². The van der Waals surface area contributed by atoms with E-state index in [0.717, 1.165) is 19.6 Å². The summed E-state index contributed by atoms with van der Waals surface area (Å²) in [6, 6.07) is 10.4. The van der Waals surface area contributed by atoms with E-state index in [4.69, 9.17) is 0 Å². The summed E-state index contributed by atoms with van der Waals surface area (Å²) in [7, 11) is 0. The monoisotopic (exact) mass is 255 g/mol. The Morgan fingerprint density at radius 1 is 1.16 bits per heavy atom. The molecule has 2 N–H and O–H groups in total. The molecular weight excluding hydrogens is 238 g/mol. The number of urea groups is 1. The minimum absolute atomic E-state index is 0.0554. The molecule has 1 aromatic rings. The number of amides is 2. The number of benzene rings is 1. The summed E-state index contributed by atoms with van der Waals surface area (Å²) in [4.78, 5) is 14.3. The highest BCUT2D eigenvalue weighted by Gasteiger charge is 2.56. The maximum Gasteiger partial charge on any atom is 0.318 e. The number of nitrogens with zero attached hydrogens (tertiary/aromatic N) is 1. The van der Waals surface area contributed by atoms with Crippen LogP contribution in [0.1, 0.15) is 11.6 Å². The Bertz CT molecular complexity index is 542. The lowest BCUT2D eigenvalue weighted by molar-refractivity contribution is 0.116. The maximum atomic E-state index is 12.3. The highest BCUT2D eigenvalue weighted by Crippen LogP contribution is 2.43. The standard InChI is InChI=1S/C15H17N3O/c19-14-17-10-15-9-16-8-12(15)6-7-13(18(14)15)11-4-2-1-3-5-11/h1-7,12-13,16H,8-10H2,(H,17,19)/t12-,13+,15+/m1/s1. The normalized spacial score (nSPS) is 36.0. The average Bonchev–Trinajstić information content (AvgIpc) is 3.02. The zero-order valence-electron chi connectivity index (χ0n) is 10.7.